The van der Waals surface area contributed by atoms with Crippen LogP contribution in [0, 0.1) is 16.7 Å². The van der Waals surface area contributed by atoms with Crippen LogP contribution in [0.4, 0.5) is 5.69 Å². The van der Waals surface area contributed by atoms with Crippen molar-refractivity contribution in [3.05, 3.63) is 46.6 Å². The fraction of sp³-hybridized carbons (Fsp3) is 0.222. The Hall–Kier alpha value is -0.486. The molecule has 1 radical (unpaired) electrons. The molecular formula is C9H13N2O3Y-. The molecule has 0 aliphatic rings. The first kappa shape index (κ1) is 16.9. The zero-order valence-electron chi connectivity index (χ0n) is 8.71. The van der Waals surface area contributed by atoms with Crippen molar-refractivity contribution in [2.24, 2.45) is 5.90 Å². The van der Waals surface area contributed by atoms with E-state index >= 15 is 0 Å². The smallest absolute Gasteiger partial charge is 0.172 e. The van der Waals surface area contributed by atoms with Crippen molar-refractivity contribution in [1.82, 2.24) is 0 Å². The van der Waals surface area contributed by atoms with E-state index in [2.05, 4.69) is 4.84 Å². The maximum atomic E-state index is 10.4. The van der Waals surface area contributed by atoms with Crippen LogP contribution in [0.3, 0.4) is 0 Å². The monoisotopic (exact) mass is 286 g/mol. The molecule has 1 rings (SSSR count). The Morgan fingerprint density at radius 1 is 1.40 bits per heavy atom. The van der Waals surface area contributed by atoms with Crippen molar-refractivity contribution in [1.29, 1.82) is 0 Å². The van der Waals surface area contributed by atoms with Crippen LogP contribution in [-0.2, 0) is 37.5 Å². The number of benzene rings is 1. The van der Waals surface area contributed by atoms with Crippen LogP contribution < -0.4 is 5.90 Å². The molecule has 0 heterocycles. The van der Waals surface area contributed by atoms with E-state index in [4.69, 9.17) is 5.90 Å². The molecule has 0 saturated heterocycles. The number of hydrogen-bond donors (Lipinski definition) is 1. The van der Waals surface area contributed by atoms with Crippen LogP contribution in [0.5, 0.6) is 0 Å². The molecule has 2 N–H and O–H groups in total. The van der Waals surface area contributed by atoms with Gasteiger partial charge >= 0.3 is 0 Å². The van der Waals surface area contributed by atoms with Crippen LogP contribution in [0.25, 0.3) is 0 Å². The molecule has 0 spiro atoms. The van der Waals surface area contributed by atoms with Crippen molar-refractivity contribution in [2.75, 3.05) is 0 Å². The number of para-hydroxylation sites is 1. The van der Waals surface area contributed by atoms with Gasteiger partial charge in [-0.25, -0.2) is 5.90 Å². The largest absolute Gasteiger partial charge is 0.337 e. The fourth-order valence-corrected chi connectivity index (χ4v) is 0.827. The van der Waals surface area contributed by atoms with Crippen molar-refractivity contribution in [2.45, 2.75) is 13.8 Å². The van der Waals surface area contributed by atoms with Gasteiger partial charge in [-0.05, 0) is 12.7 Å². The van der Waals surface area contributed by atoms with Crippen molar-refractivity contribution >= 4 is 5.69 Å². The molecule has 0 saturated carbocycles. The quantitative estimate of drug-likeness (QED) is 0.524. The van der Waals surface area contributed by atoms with E-state index in [1.807, 2.05) is 13.8 Å². The molecule has 6 heteroatoms. The summed E-state index contributed by atoms with van der Waals surface area (Å²) in [5.74, 6) is 4.75. The number of hydrogen-bond acceptors (Lipinski definition) is 4. The summed E-state index contributed by atoms with van der Waals surface area (Å²) in [7, 11) is 0. The van der Waals surface area contributed by atoms with Crippen LogP contribution >= 0.6 is 0 Å². The molecule has 0 aromatic heterocycles. The zero-order valence-corrected chi connectivity index (χ0v) is 11.6. The summed E-state index contributed by atoms with van der Waals surface area (Å²) in [6.07, 6.45) is 0. The Labute approximate surface area is 114 Å². The predicted molar refractivity (Wildman–Crippen MR) is 53.1 cm³/mol. The predicted octanol–water partition coefficient (Wildman–Crippen LogP) is 2.02. The number of nitrogens with two attached hydrogens (primary N) is 1. The zero-order chi connectivity index (χ0) is 11.0. The first-order chi connectivity index (χ1) is 6.75. The van der Waals surface area contributed by atoms with Crippen LogP contribution in [0.15, 0.2) is 24.3 Å². The number of rotatable bonds is 3. The third-order valence-electron chi connectivity index (χ3n) is 1.33. The van der Waals surface area contributed by atoms with E-state index in [1.54, 1.807) is 18.2 Å². The first-order valence-electron chi connectivity index (χ1n) is 4.18. The molecule has 1 aromatic carbocycles. The van der Waals surface area contributed by atoms with E-state index in [1.165, 1.54) is 6.07 Å². The van der Waals surface area contributed by atoms with Gasteiger partial charge in [0.15, 0.2) is 5.69 Å². The van der Waals surface area contributed by atoms with Gasteiger partial charge in [0.25, 0.3) is 0 Å². The van der Waals surface area contributed by atoms with Gasteiger partial charge in [-0.3, -0.25) is 10.1 Å². The number of nitrogens with zero attached hydrogens (tertiary/aromatic N) is 1. The summed E-state index contributed by atoms with van der Waals surface area (Å²) in [6, 6.07) is 6.17. The molecule has 0 aliphatic carbocycles. The van der Waals surface area contributed by atoms with Crippen molar-refractivity contribution in [3.63, 3.8) is 0 Å². The Kier molecular flexibility index (Phi) is 11.3. The average molecular weight is 286 g/mol. The number of nitro groups is 1. The normalized spacial score (nSPS) is 7.93. The summed E-state index contributed by atoms with van der Waals surface area (Å²) >= 11 is 0. The fourth-order valence-electron chi connectivity index (χ4n) is 0.827. The van der Waals surface area contributed by atoms with E-state index in [-0.39, 0.29) is 38.4 Å². The summed E-state index contributed by atoms with van der Waals surface area (Å²) in [5.41, 5.74) is 0.327. The van der Waals surface area contributed by atoms with E-state index < -0.39 is 4.92 Å². The molecule has 0 atom stereocenters. The van der Waals surface area contributed by atoms with Crippen LogP contribution in [0.1, 0.15) is 19.4 Å². The topological polar surface area (TPSA) is 78.4 Å². The standard InChI is InChI=1S/C7H7N2O3.C2H6.Y/c8-12-5-6-3-1-2-4-7(6)9(10)11;1-2;/h1-5H,8H2;1-2H3;/q-1;;. The van der Waals surface area contributed by atoms with Crippen LogP contribution in [0.2, 0.25) is 0 Å². The minimum Gasteiger partial charge on any atom is -0.337 e. The van der Waals surface area contributed by atoms with Gasteiger partial charge in [0.2, 0.25) is 0 Å². The Balaban J connectivity index is 0. The Morgan fingerprint density at radius 3 is 2.40 bits per heavy atom. The second kappa shape index (κ2) is 10.0. The average Bonchev–Trinajstić information content (AvgIpc) is 2.22. The third kappa shape index (κ3) is 5.84. The van der Waals surface area contributed by atoms with Gasteiger partial charge in [-0.1, -0.05) is 25.5 Å². The molecule has 5 nitrogen and oxygen atoms in total. The van der Waals surface area contributed by atoms with Crippen molar-refractivity contribution < 1.29 is 42.5 Å². The summed E-state index contributed by atoms with van der Waals surface area (Å²) < 4.78 is 0. The van der Waals surface area contributed by atoms with Gasteiger partial charge in [0, 0.05) is 37.6 Å². The SMILES string of the molecule is CC.NO[CH-]c1ccccc1[N+](=O)[O-].[Y]. The van der Waals surface area contributed by atoms with Gasteiger partial charge < -0.3 is 4.84 Å². The number of nitro benzene ring substituents is 1. The van der Waals surface area contributed by atoms with E-state index in [9.17, 15) is 10.1 Å². The molecule has 81 valence electrons. The second-order valence-corrected chi connectivity index (χ2v) is 2.07. The molecule has 0 unspecified atom stereocenters. The van der Waals surface area contributed by atoms with Crippen LogP contribution in [-0.4, -0.2) is 4.92 Å². The molecule has 1 aromatic rings. The van der Waals surface area contributed by atoms with E-state index in [0.29, 0.717) is 5.56 Å². The van der Waals surface area contributed by atoms with Gasteiger partial charge in [-0.15, -0.1) is 6.07 Å². The van der Waals surface area contributed by atoms with Gasteiger partial charge in [-0.2, -0.15) is 6.07 Å². The Bertz CT molecular complexity index is 294. The molecule has 0 bridgehead atoms. The maximum Gasteiger partial charge on any atom is 0.172 e. The van der Waals surface area contributed by atoms with Gasteiger partial charge in [0.05, 0.1) is 0 Å². The third-order valence-corrected chi connectivity index (χ3v) is 1.33. The summed E-state index contributed by atoms with van der Waals surface area (Å²) in [6.45, 7) is 5.12. The molecule has 15 heavy (non-hydrogen) atoms. The molecule has 0 fully saturated rings. The van der Waals surface area contributed by atoms with E-state index in [0.717, 1.165) is 6.61 Å². The summed E-state index contributed by atoms with van der Waals surface area (Å²) in [4.78, 5) is 14.1. The first-order valence-corrected chi connectivity index (χ1v) is 4.18. The minimum atomic E-state index is -0.495. The minimum absolute atomic E-state index is 0. The molecule has 0 amide bonds. The van der Waals surface area contributed by atoms with Crippen molar-refractivity contribution in [3.8, 4) is 0 Å². The molecular weight excluding hydrogens is 273 g/mol. The second-order valence-electron chi connectivity index (χ2n) is 2.07. The maximum absolute atomic E-state index is 10.4. The summed E-state index contributed by atoms with van der Waals surface area (Å²) in [5, 5.41) is 10.4. The van der Waals surface area contributed by atoms with Gasteiger partial charge in [0.1, 0.15) is 0 Å². The Morgan fingerprint density at radius 2 is 1.93 bits per heavy atom. The molecule has 0 aliphatic heterocycles.